The van der Waals surface area contributed by atoms with Gasteiger partial charge >= 0.3 is 0 Å². The topological polar surface area (TPSA) is 16.8 Å². The zero-order chi connectivity index (χ0) is 8.55. The van der Waals surface area contributed by atoms with Gasteiger partial charge in [0.1, 0.15) is 12.6 Å². The zero-order valence-electron chi connectivity index (χ0n) is 7.28. The SMILES string of the molecule is Cc1cnc2ccccc2[n+]1C. The Kier molecular flexibility index (Phi) is 1.54. The minimum absolute atomic E-state index is 1.05. The Morgan fingerprint density at radius 3 is 2.83 bits per heavy atom. The molecule has 2 heteroatoms. The Morgan fingerprint density at radius 2 is 2.00 bits per heavy atom. The first kappa shape index (κ1) is 7.22. The van der Waals surface area contributed by atoms with Crippen molar-refractivity contribution in [2.24, 2.45) is 7.05 Å². The monoisotopic (exact) mass is 159 g/mol. The Balaban J connectivity index is 2.91. The molecule has 2 nitrogen and oxygen atoms in total. The molecular weight excluding hydrogens is 148 g/mol. The lowest BCUT2D eigenvalue weighted by atomic mass is 10.3. The molecule has 0 unspecified atom stereocenters. The summed E-state index contributed by atoms with van der Waals surface area (Å²) in [7, 11) is 2.05. The molecule has 0 spiro atoms. The lowest BCUT2D eigenvalue weighted by Crippen LogP contribution is -2.32. The van der Waals surface area contributed by atoms with Gasteiger partial charge in [0.15, 0.2) is 5.69 Å². The fraction of sp³-hybridized carbons (Fsp3) is 0.200. The second-order valence-corrected chi connectivity index (χ2v) is 2.95. The van der Waals surface area contributed by atoms with Crippen molar-refractivity contribution in [2.45, 2.75) is 6.92 Å². The molecule has 60 valence electrons. The number of aryl methyl sites for hydroxylation is 2. The molecule has 0 saturated carbocycles. The molecule has 0 aliphatic heterocycles. The minimum atomic E-state index is 1.05. The van der Waals surface area contributed by atoms with Gasteiger partial charge in [-0.1, -0.05) is 12.1 Å². The van der Waals surface area contributed by atoms with E-state index in [2.05, 4.69) is 29.6 Å². The van der Waals surface area contributed by atoms with E-state index in [1.807, 2.05) is 24.4 Å². The van der Waals surface area contributed by atoms with Gasteiger partial charge in [0.05, 0.1) is 6.20 Å². The zero-order valence-corrected chi connectivity index (χ0v) is 7.28. The Labute approximate surface area is 71.5 Å². The predicted octanol–water partition coefficient (Wildman–Crippen LogP) is 1.37. The average Bonchev–Trinajstić information content (AvgIpc) is 2.12. The molecule has 0 radical (unpaired) electrons. The second-order valence-electron chi connectivity index (χ2n) is 2.95. The van der Waals surface area contributed by atoms with Gasteiger partial charge in [-0.15, -0.1) is 0 Å². The summed E-state index contributed by atoms with van der Waals surface area (Å²) in [4.78, 5) is 4.32. The first-order valence-corrected chi connectivity index (χ1v) is 3.99. The molecule has 1 aromatic carbocycles. The summed E-state index contributed by atoms with van der Waals surface area (Å²) in [5.74, 6) is 0. The molecule has 0 atom stereocenters. The first-order valence-electron chi connectivity index (χ1n) is 3.99. The Hall–Kier alpha value is -1.44. The van der Waals surface area contributed by atoms with E-state index in [0.717, 1.165) is 5.52 Å². The highest BCUT2D eigenvalue weighted by molar-refractivity contribution is 5.70. The summed E-state index contributed by atoms with van der Waals surface area (Å²) in [6.45, 7) is 2.06. The van der Waals surface area contributed by atoms with Crippen LogP contribution in [0.1, 0.15) is 5.69 Å². The number of aromatic nitrogens is 2. The first-order chi connectivity index (χ1) is 5.79. The van der Waals surface area contributed by atoms with Gasteiger partial charge in [0.2, 0.25) is 5.52 Å². The third-order valence-electron chi connectivity index (χ3n) is 2.16. The average molecular weight is 159 g/mol. The van der Waals surface area contributed by atoms with E-state index < -0.39 is 0 Å². The molecule has 2 rings (SSSR count). The highest BCUT2D eigenvalue weighted by Gasteiger charge is 2.06. The van der Waals surface area contributed by atoms with Crippen LogP contribution in [0.5, 0.6) is 0 Å². The summed E-state index contributed by atoms with van der Waals surface area (Å²) in [5.41, 5.74) is 3.40. The van der Waals surface area contributed by atoms with Crippen LogP contribution in [-0.4, -0.2) is 4.98 Å². The van der Waals surface area contributed by atoms with Gasteiger partial charge in [-0.2, -0.15) is 4.57 Å². The molecule has 1 heterocycles. The molecule has 2 aromatic rings. The number of benzene rings is 1. The maximum absolute atomic E-state index is 4.32. The normalized spacial score (nSPS) is 10.5. The highest BCUT2D eigenvalue weighted by atomic mass is 15.0. The van der Waals surface area contributed by atoms with E-state index in [9.17, 15) is 0 Å². The Morgan fingerprint density at radius 1 is 1.25 bits per heavy atom. The van der Waals surface area contributed by atoms with Gasteiger partial charge < -0.3 is 0 Å². The van der Waals surface area contributed by atoms with Crippen molar-refractivity contribution in [3.05, 3.63) is 36.2 Å². The number of hydrogen-bond acceptors (Lipinski definition) is 1. The molecule has 1 aromatic heterocycles. The number of hydrogen-bond donors (Lipinski definition) is 0. The molecule has 0 fully saturated rings. The molecule has 0 aliphatic carbocycles. The highest BCUT2D eigenvalue weighted by Crippen LogP contribution is 2.05. The van der Waals surface area contributed by atoms with Crippen LogP contribution < -0.4 is 4.57 Å². The molecule has 0 aliphatic rings. The van der Waals surface area contributed by atoms with Crippen molar-refractivity contribution < 1.29 is 4.57 Å². The standard InChI is InChI=1S/C10H11N2/c1-8-7-11-9-5-3-4-6-10(9)12(8)2/h3-7H,1-2H3/q+1. The Bertz CT molecular complexity index is 421. The van der Waals surface area contributed by atoms with Crippen LogP contribution in [-0.2, 0) is 7.05 Å². The lowest BCUT2D eigenvalue weighted by molar-refractivity contribution is -0.651. The van der Waals surface area contributed by atoms with Crippen molar-refractivity contribution in [1.29, 1.82) is 0 Å². The van der Waals surface area contributed by atoms with Gasteiger partial charge in [0, 0.05) is 13.0 Å². The fourth-order valence-corrected chi connectivity index (χ4v) is 1.30. The summed E-state index contributed by atoms with van der Waals surface area (Å²) in [5, 5.41) is 0. The summed E-state index contributed by atoms with van der Waals surface area (Å²) < 4.78 is 2.14. The summed E-state index contributed by atoms with van der Waals surface area (Å²) in [6, 6.07) is 8.14. The van der Waals surface area contributed by atoms with Crippen molar-refractivity contribution in [2.75, 3.05) is 0 Å². The number of para-hydroxylation sites is 2. The molecule has 12 heavy (non-hydrogen) atoms. The molecule has 0 amide bonds. The van der Waals surface area contributed by atoms with Crippen molar-refractivity contribution in [3.8, 4) is 0 Å². The number of fused-ring (bicyclic) bond motifs is 1. The van der Waals surface area contributed by atoms with Crippen LogP contribution in [0.25, 0.3) is 11.0 Å². The van der Waals surface area contributed by atoms with Gasteiger partial charge in [-0.3, -0.25) is 0 Å². The number of nitrogens with zero attached hydrogens (tertiary/aromatic N) is 2. The molecular formula is C10H11N2+. The van der Waals surface area contributed by atoms with Gasteiger partial charge in [-0.25, -0.2) is 4.98 Å². The largest absolute Gasteiger partial charge is 0.243 e. The van der Waals surface area contributed by atoms with Crippen LogP contribution in [0.2, 0.25) is 0 Å². The van der Waals surface area contributed by atoms with Crippen LogP contribution >= 0.6 is 0 Å². The van der Waals surface area contributed by atoms with Crippen molar-refractivity contribution >= 4 is 11.0 Å². The lowest BCUT2D eigenvalue weighted by Gasteiger charge is -1.96. The van der Waals surface area contributed by atoms with E-state index in [1.54, 1.807) is 0 Å². The molecule has 0 bridgehead atoms. The third kappa shape index (κ3) is 0.961. The smallest absolute Gasteiger partial charge is 0.231 e. The third-order valence-corrected chi connectivity index (χ3v) is 2.16. The van der Waals surface area contributed by atoms with Crippen molar-refractivity contribution in [3.63, 3.8) is 0 Å². The van der Waals surface area contributed by atoms with Crippen LogP contribution in [0.15, 0.2) is 30.5 Å². The van der Waals surface area contributed by atoms with Gasteiger partial charge in [0.25, 0.3) is 0 Å². The van der Waals surface area contributed by atoms with Crippen LogP contribution in [0, 0.1) is 6.92 Å². The molecule has 0 saturated heterocycles. The summed E-state index contributed by atoms with van der Waals surface area (Å²) in [6.07, 6.45) is 1.89. The second kappa shape index (κ2) is 2.55. The van der Waals surface area contributed by atoms with E-state index in [4.69, 9.17) is 0 Å². The molecule has 0 N–H and O–H groups in total. The van der Waals surface area contributed by atoms with E-state index in [0.29, 0.717) is 0 Å². The van der Waals surface area contributed by atoms with Gasteiger partial charge in [-0.05, 0) is 6.07 Å². The van der Waals surface area contributed by atoms with Crippen molar-refractivity contribution in [1.82, 2.24) is 4.98 Å². The predicted molar refractivity (Wildman–Crippen MR) is 47.7 cm³/mol. The van der Waals surface area contributed by atoms with E-state index >= 15 is 0 Å². The van der Waals surface area contributed by atoms with Crippen LogP contribution in [0.3, 0.4) is 0 Å². The maximum Gasteiger partial charge on any atom is 0.231 e. The minimum Gasteiger partial charge on any atom is -0.243 e. The van der Waals surface area contributed by atoms with Crippen LogP contribution in [0.4, 0.5) is 0 Å². The fourth-order valence-electron chi connectivity index (χ4n) is 1.30. The number of rotatable bonds is 0. The quantitative estimate of drug-likeness (QED) is 0.530. The van der Waals surface area contributed by atoms with E-state index in [-0.39, 0.29) is 0 Å². The van der Waals surface area contributed by atoms with E-state index in [1.165, 1.54) is 11.2 Å². The maximum atomic E-state index is 4.32. The summed E-state index contributed by atoms with van der Waals surface area (Å²) >= 11 is 0.